The largest absolute Gasteiger partial charge is 0.495 e. The van der Waals surface area contributed by atoms with Crippen molar-refractivity contribution >= 4 is 33.6 Å². The molecule has 1 atom stereocenters. The van der Waals surface area contributed by atoms with Crippen molar-refractivity contribution in [1.82, 2.24) is 4.90 Å². The molecule has 0 saturated heterocycles. The first-order chi connectivity index (χ1) is 11.4. The van der Waals surface area contributed by atoms with Gasteiger partial charge < -0.3 is 9.84 Å². The highest BCUT2D eigenvalue weighted by Crippen LogP contribution is 2.41. The van der Waals surface area contributed by atoms with Crippen LogP contribution in [0.5, 0.6) is 5.75 Å². The van der Waals surface area contributed by atoms with Crippen molar-refractivity contribution in [2.24, 2.45) is 0 Å². The highest BCUT2D eigenvalue weighted by Gasteiger charge is 2.26. The summed E-state index contributed by atoms with van der Waals surface area (Å²) in [6, 6.07) is 10.8. The maximum Gasteiger partial charge on any atom is 0.408 e. The van der Waals surface area contributed by atoms with E-state index in [0.29, 0.717) is 10.8 Å². The Morgan fingerprint density at radius 3 is 2.54 bits per heavy atom. The predicted molar refractivity (Wildman–Crippen MR) is 98.9 cm³/mol. The summed E-state index contributed by atoms with van der Waals surface area (Å²) in [5.74, 6) is 0.601. The van der Waals surface area contributed by atoms with E-state index in [0.717, 1.165) is 21.2 Å². The lowest BCUT2D eigenvalue weighted by Gasteiger charge is -2.29. The molecular formula is C18H19BrClNO3. The zero-order valence-electron chi connectivity index (χ0n) is 13.7. The van der Waals surface area contributed by atoms with E-state index in [1.807, 2.05) is 44.2 Å². The molecule has 0 fully saturated rings. The molecule has 0 aromatic heterocycles. The van der Waals surface area contributed by atoms with E-state index in [1.165, 1.54) is 4.90 Å². The molecule has 0 aliphatic rings. The third-order valence-corrected chi connectivity index (χ3v) is 5.34. The number of hydrogen-bond donors (Lipinski definition) is 1. The number of halogens is 2. The van der Waals surface area contributed by atoms with E-state index < -0.39 is 12.1 Å². The summed E-state index contributed by atoms with van der Waals surface area (Å²) in [5, 5.41) is 10.2. The summed E-state index contributed by atoms with van der Waals surface area (Å²) in [4.78, 5) is 13.2. The monoisotopic (exact) mass is 411 g/mol. The van der Waals surface area contributed by atoms with Gasteiger partial charge in [0.1, 0.15) is 5.75 Å². The van der Waals surface area contributed by atoms with Crippen LogP contribution in [-0.4, -0.2) is 23.2 Å². The summed E-state index contributed by atoms with van der Waals surface area (Å²) >= 11 is 9.77. The van der Waals surface area contributed by atoms with Gasteiger partial charge in [-0.25, -0.2) is 4.79 Å². The van der Waals surface area contributed by atoms with Crippen LogP contribution in [0.25, 0.3) is 0 Å². The quantitative estimate of drug-likeness (QED) is 0.689. The normalized spacial score (nSPS) is 11.9. The summed E-state index contributed by atoms with van der Waals surface area (Å²) < 4.78 is 6.23. The molecule has 6 heteroatoms. The molecule has 128 valence electrons. The van der Waals surface area contributed by atoms with Crippen LogP contribution in [0, 0.1) is 6.92 Å². The predicted octanol–water partition coefficient (Wildman–Crippen LogP) is 5.66. The molecule has 24 heavy (non-hydrogen) atoms. The first-order valence-electron chi connectivity index (χ1n) is 7.42. The second-order valence-corrected chi connectivity index (χ2v) is 6.69. The fourth-order valence-corrected chi connectivity index (χ4v) is 3.48. The zero-order valence-corrected chi connectivity index (χ0v) is 16.1. The van der Waals surface area contributed by atoms with E-state index in [2.05, 4.69) is 15.9 Å². The summed E-state index contributed by atoms with van der Waals surface area (Å²) in [7, 11) is 1.56. The first kappa shape index (κ1) is 18.6. The molecule has 2 rings (SSSR count). The number of ether oxygens (including phenoxy) is 1. The summed E-state index contributed by atoms with van der Waals surface area (Å²) in [6.45, 7) is 3.99. The number of nitrogens with zero attached hydrogens (tertiary/aromatic N) is 1. The molecule has 0 radical (unpaired) electrons. The maximum absolute atomic E-state index is 11.8. The first-order valence-corrected chi connectivity index (χ1v) is 8.59. The maximum atomic E-state index is 11.8. The van der Waals surface area contributed by atoms with Crippen molar-refractivity contribution < 1.29 is 14.6 Å². The van der Waals surface area contributed by atoms with Gasteiger partial charge in [0.15, 0.2) is 0 Å². The van der Waals surface area contributed by atoms with Gasteiger partial charge in [0.2, 0.25) is 0 Å². The standard InChI is InChI=1S/C18H19BrClNO3/c1-11-15(20)9-14(17(24-3)16(11)19)12(2)21(18(22)23)10-13-7-5-4-6-8-13/h4-9,12H,10H2,1-3H3,(H,22,23). The average Bonchev–Trinajstić information content (AvgIpc) is 2.57. The highest BCUT2D eigenvalue weighted by atomic mass is 79.9. The van der Waals surface area contributed by atoms with Crippen molar-refractivity contribution in [3.63, 3.8) is 0 Å². The second-order valence-electron chi connectivity index (χ2n) is 5.49. The Kier molecular flexibility index (Phi) is 6.13. The number of carboxylic acid groups (broad SMARTS) is 1. The van der Waals surface area contributed by atoms with Crippen LogP contribution < -0.4 is 4.74 Å². The smallest absolute Gasteiger partial charge is 0.408 e. The Hall–Kier alpha value is -1.72. The fraction of sp³-hybridized carbons (Fsp3) is 0.278. The molecule has 0 saturated carbocycles. The number of rotatable bonds is 5. The van der Waals surface area contributed by atoms with E-state index in [9.17, 15) is 9.90 Å². The third kappa shape index (κ3) is 3.84. The van der Waals surface area contributed by atoms with Crippen LogP contribution in [0.2, 0.25) is 5.02 Å². The minimum atomic E-state index is -0.999. The van der Waals surface area contributed by atoms with E-state index in [4.69, 9.17) is 16.3 Å². The van der Waals surface area contributed by atoms with Gasteiger partial charge >= 0.3 is 6.09 Å². The van der Waals surface area contributed by atoms with Crippen LogP contribution in [0.4, 0.5) is 4.79 Å². The van der Waals surface area contributed by atoms with Gasteiger partial charge in [-0.05, 0) is 47.0 Å². The van der Waals surface area contributed by atoms with Gasteiger partial charge in [-0.1, -0.05) is 41.9 Å². The topological polar surface area (TPSA) is 49.8 Å². The van der Waals surface area contributed by atoms with Crippen LogP contribution in [0.15, 0.2) is 40.9 Å². The van der Waals surface area contributed by atoms with Crippen molar-refractivity contribution in [2.45, 2.75) is 26.4 Å². The molecule has 0 heterocycles. The van der Waals surface area contributed by atoms with Gasteiger partial charge in [0, 0.05) is 17.1 Å². The molecule has 1 amide bonds. The van der Waals surface area contributed by atoms with Crippen LogP contribution in [0.3, 0.4) is 0 Å². The molecule has 2 aromatic rings. The molecular weight excluding hydrogens is 394 g/mol. The Morgan fingerprint density at radius 1 is 1.38 bits per heavy atom. The number of carbonyl (C=O) groups is 1. The van der Waals surface area contributed by atoms with Crippen LogP contribution in [-0.2, 0) is 6.54 Å². The molecule has 1 unspecified atom stereocenters. The Bertz CT molecular complexity index is 737. The van der Waals surface area contributed by atoms with Gasteiger partial charge in [0.05, 0.1) is 17.6 Å². The van der Waals surface area contributed by atoms with Crippen LogP contribution >= 0.6 is 27.5 Å². The van der Waals surface area contributed by atoms with Crippen molar-refractivity contribution in [1.29, 1.82) is 0 Å². The lowest BCUT2D eigenvalue weighted by molar-refractivity contribution is 0.123. The number of hydrogen-bond acceptors (Lipinski definition) is 2. The zero-order chi connectivity index (χ0) is 17.9. The van der Waals surface area contributed by atoms with Crippen molar-refractivity contribution in [3.8, 4) is 5.75 Å². The number of benzene rings is 2. The van der Waals surface area contributed by atoms with Crippen molar-refractivity contribution in [3.05, 3.63) is 62.6 Å². The molecule has 1 N–H and O–H groups in total. The van der Waals surface area contributed by atoms with Crippen LogP contribution in [0.1, 0.15) is 29.7 Å². The Labute approximate surface area is 155 Å². The molecule has 4 nitrogen and oxygen atoms in total. The summed E-state index contributed by atoms with van der Waals surface area (Å²) in [6.07, 6.45) is -0.999. The number of methoxy groups -OCH3 is 1. The third-order valence-electron chi connectivity index (χ3n) is 3.99. The highest BCUT2D eigenvalue weighted by molar-refractivity contribution is 9.10. The molecule has 2 aromatic carbocycles. The average molecular weight is 413 g/mol. The fourth-order valence-electron chi connectivity index (χ4n) is 2.55. The van der Waals surface area contributed by atoms with Gasteiger partial charge in [0.25, 0.3) is 0 Å². The Balaban J connectivity index is 2.44. The molecule has 0 aliphatic carbocycles. The van der Waals surface area contributed by atoms with Gasteiger partial charge in [-0.3, -0.25) is 4.90 Å². The molecule has 0 bridgehead atoms. The lowest BCUT2D eigenvalue weighted by atomic mass is 10.0. The molecule has 0 spiro atoms. The van der Waals surface area contributed by atoms with Gasteiger partial charge in [-0.2, -0.15) is 0 Å². The van der Waals surface area contributed by atoms with E-state index in [1.54, 1.807) is 13.2 Å². The van der Waals surface area contributed by atoms with Gasteiger partial charge in [-0.15, -0.1) is 0 Å². The van der Waals surface area contributed by atoms with E-state index in [-0.39, 0.29) is 6.54 Å². The van der Waals surface area contributed by atoms with Crippen molar-refractivity contribution in [2.75, 3.05) is 7.11 Å². The Morgan fingerprint density at radius 2 is 2.00 bits per heavy atom. The lowest BCUT2D eigenvalue weighted by Crippen LogP contribution is -2.32. The SMILES string of the molecule is COc1c(C(C)N(Cc2ccccc2)C(=O)O)cc(Cl)c(C)c1Br. The summed E-state index contributed by atoms with van der Waals surface area (Å²) in [5.41, 5.74) is 2.50. The van der Waals surface area contributed by atoms with E-state index >= 15 is 0 Å². The molecule has 0 aliphatic heterocycles. The minimum absolute atomic E-state index is 0.281. The number of amides is 1. The second kappa shape index (κ2) is 7.90. The minimum Gasteiger partial charge on any atom is -0.495 e.